The molecule has 0 bridgehead atoms. The average molecular weight is 353 g/mol. The summed E-state index contributed by atoms with van der Waals surface area (Å²) in [7, 11) is 0. The monoisotopic (exact) mass is 353 g/mol. The van der Waals surface area contributed by atoms with Gasteiger partial charge in [0.15, 0.2) is 0 Å². The number of hydrogen-bond acceptors (Lipinski definition) is 4. The number of carbonyl (C=O) groups excluding carboxylic acids is 3. The lowest BCUT2D eigenvalue weighted by atomic mass is 10.1. The minimum Gasteiger partial charge on any atom is -0.444 e. The number of ether oxygens (including phenoxy) is 1. The average Bonchev–Trinajstić information content (AvgIpc) is 3.05. The number of anilines is 1. The van der Waals surface area contributed by atoms with Crippen molar-refractivity contribution < 1.29 is 19.1 Å². The van der Waals surface area contributed by atoms with Crippen molar-refractivity contribution >= 4 is 23.6 Å². The number of amides is 3. The lowest BCUT2D eigenvalue weighted by Gasteiger charge is -2.18. The van der Waals surface area contributed by atoms with Crippen LogP contribution in [-0.4, -0.2) is 31.0 Å². The molecular formula is C19H19N3O4. The molecule has 0 radical (unpaired) electrons. The van der Waals surface area contributed by atoms with Gasteiger partial charge in [-0.05, 0) is 30.7 Å². The first-order chi connectivity index (χ1) is 12.5. The Morgan fingerprint density at radius 2 is 1.92 bits per heavy atom. The highest BCUT2D eigenvalue weighted by Gasteiger charge is 2.25. The van der Waals surface area contributed by atoms with E-state index in [0.29, 0.717) is 18.7 Å². The molecule has 3 N–H and O–H groups in total. The molecule has 1 fully saturated rings. The molecule has 0 spiro atoms. The van der Waals surface area contributed by atoms with Crippen LogP contribution >= 0.6 is 0 Å². The second-order valence-electron chi connectivity index (χ2n) is 5.98. The van der Waals surface area contributed by atoms with Crippen LogP contribution in [0.3, 0.4) is 0 Å². The van der Waals surface area contributed by atoms with Crippen molar-refractivity contribution in [2.75, 3.05) is 18.0 Å². The largest absolute Gasteiger partial charge is 0.444 e. The summed E-state index contributed by atoms with van der Waals surface area (Å²) < 4.78 is 5.32. The highest BCUT2D eigenvalue weighted by atomic mass is 16.5. The molecule has 0 aliphatic carbocycles. The minimum absolute atomic E-state index is 0.165. The number of aryl methyl sites for hydroxylation is 1. The van der Waals surface area contributed by atoms with Crippen LogP contribution < -0.4 is 16.0 Å². The molecular weight excluding hydrogens is 334 g/mol. The highest BCUT2D eigenvalue weighted by Crippen LogP contribution is 2.25. The lowest BCUT2D eigenvalue weighted by Crippen LogP contribution is -2.28. The zero-order valence-electron chi connectivity index (χ0n) is 14.3. The van der Waals surface area contributed by atoms with Crippen molar-refractivity contribution in [1.29, 1.82) is 0 Å². The third kappa shape index (κ3) is 3.51. The molecule has 0 aromatic heterocycles. The van der Waals surface area contributed by atoms with Crippen LogP contribution in [0.5, 0.6) is 0 Å². The Morgan fingerprint density at radius 3 is 2.50 bits per heavy atom. The Bertz CT molecular complexity index is 851. The zero-order chi connectivity index (χ0) is 18.7. The Morgan fingerprint density at radius 1 is 1.19 bits per heavy atom. The second kappa shape index (κ2) is 7.26. The van der Waals surface area contributed by atoms with E-state index in [0.717, 1.165) is 11.3 Å². The Balaban J connectivity index is 1.80. The van der Waals surface area contributed by atoms with Crippen LogP contribution in [0.15, 0.2) is 48.5 Å². The van der Waals surface area contributed by atoms with E-state index in [4.69, 9.17) is 10.5 Å². The number of esters is 1. The number of nitrogens with two attached hydrogens (primary N) is 1. The third-order valence-electron chi connectivity index (χ3n) is 4.17. The van der Waals surface area contributed by atoms with Gasteiger partial charge >= 0.3 is 12.0 Å². The third-order valence-corrected chi connectivity index (χ3v) is 4.17. The Hall–Kier alpha value is -3.35. The predicted octanol–water partition coefficient (Wildman–Crippen LogP) is 1.91. The van der Waals surface area contributed by atoms with Crippen molar-refractivity contribution in [1.82, 2.24) is 5.32 Å². The lowest BCUT2D eigenvalue weighted by molar-refractivity contribution is -0.127. The van der Waals surface area contributed by atoms with Gasteiger partial charge in [-0.25, -0.2) is 9.59 Å². The van der Waals surface area contributed by atoms with E-state index in [1.54, 1.807) is 60.4 Å². The molecule has 7 heteroatoms. The standard InChI is InChI=1S/C19H19N3O4/c1-12-11-14(7-8-15(12)22-10-9-21-19(22)25)18(24)26-16(17(20)23)13-5-3-2-4-6-13/h2-8,11,16H,9-10H2,1H3,(H2,20,23)(H,21,25)/t16-/m1/s1. The summed E-state index contributed by atoms with van der Waals surface area (Å²) >= 11 is 0. The number of nitrogens with one attached hydrogen (secondary N) is 1. The van der Waals surface area contributed by atoms with Gasteiger partial charge in [0, 0.05) is 24.3 Å². The first-order valence-electron chi connectivity index (χ1n) is 8.18. The predicted molar refractivity (Wildman–Crippen MR) is 95.7 cm³/mol. The molecule has 1 atom stereocenters. The van der Waals surface area contributed by atoms with Crippen LogP contribution in [0.1, 0.15) is 27.6 Å². The Kier molecular flexibility index (Phi) is 4.88. The van der Waals surface area contributed by atoms with Crippen molar-refractivity contribution in [2.45, 2.75) is 13.0 Å². The summed E-state index contributed by atoms with van der Waals surface area (Å²) in [6.07, 6.45) is -1.16. The number of primary amides is 1. The van der Waals surface area contributed by atoms with Crippen LogP contribution in [-0.2, 0) is 9.53 Å². The van der Waals surface area contributed by atoms with Crippen molar-refractivity contribution in [3.8, 4) is 0 Å². The summed E-state index contributed by atoms with van der Waals surface area (Å²) in [4.78, 5) is 37.6. The summed E-state index contributed by atoms with van der Waals surface area (Å²) in [6, 6.07) is 13.3. The van der Waals surface area contributed by atoms with E-state index in [-0.39, 0.29) is 11.6 Å². The summed E-state index contributed by atoms with van der Waals surface area (Å²) in [5.41, 5.74) is 7.66. The molecule has 3 amide bonds. The molecule has 7 nitrogen and oxygen atoms in total. The van der Waals surface area contributed by atoms with Gasteiger partial charge in [0.1, 0.15) is 0 Å². The summed E-state index contributed by atoms with van der Waals surface area (Å²) in [6.45, 7) is 2.96. The van der Waals surface area contributed by atoms with Gasteiger partial charge in [-0.2, -0.15) is 0 Å². The number of rotatable bonds is 5. The molecule has 26 heavy (non-hydrogen) atoms. The molecule has 2 aromatic carbocycles. The fourth-order valence-electron chi connectivity index (χ4n) is 2.88. The molecule has 2 aromatic rings. The molecule has 1 aliphatic rings. The number of carbonyl (C=O) groups is 3. The first-order valence-corrected chi connectivity index (χ1v) is 8.18. The van der Waals surface area contributed by atoms with Gasteiger partial charge in [0.25, 0.3) is 5.91 Å². The minimum atomic E-state index is -1.16. The maximum Gasteiger partial charge on any atom is 0.339 e. The van der Waals surface area contributed by atoms with Crippen molar-refractivity contribution in [2.24, 2.45) is 5.73 Å². The number of urea groups is 1. The van der Waals surface area contributed by atoms with Gasteiger partial charge < -0.3 is 15.8 Å². The second-order valence-corrected chi connectivity index (χ2v) is 5.98. The van der Waals surface area contributed by atoms with Gasteiger partial charge in [0.05, 0.1) is 5.56 Å². The SMILES string of the molecule is Cc1cc(C(=O)O[C@@H](C(N)=O)c2ccccc2)ccc1N1CCNC1=O. The van der Waals surface area contributed by atoms with Crippen LogP contribution in [0.25, 0.3) is 0 Å². The molecule has 3 rings (SSSR count). The van der Waals surface area contributed by atoms with Crippen molar-refractivity contribution in [3.63, 3.8) is 0 Å². The quantitative estimate of drug-likeness (QED) is 0.802. The Labute approximate surface area is 150 Å². The fourth-order valence-corrected chi connectivity index (χ4v) is 2.88. The topological polar surface area (TPSA) is 102 Å². The van der Waals surface area contributed by atoms with Gasteiger partial charge in [-0.3, -0.25) is 9.69 Å². The maximum absolute atomic E-state index is 12.5. The smallest absolute Gasteiger partial charge is 0.339 e. The fraction of sp³-hybridized carbons (Fsp3) is 0.211. The normalized spacial score (nSPS) is 14.7. The number of nitrogens with zero attached hydrogens (tertiary/aromatic N) is 1. The van der Waals surface area contributed by atoms with Crippen molar-refractivity contribution in [3.05, 3.63) is 65.2 Å². The van der Waals surface area contributed by atoms with Gasteiger partial charge in [-0.15, -0.1) is 0 Å². The highest BCUT2D eigenvalue weighted by molar-refractivity contribution is 5.97. The molecule has 134 valence electrons. The first kappa shape index (κ1) is 17.5. The van der Waals surface area contributed by atoms with E-state index < -0.39 is 18.0 Å². The van der Waals surface area contributed by atoms with E-state index in [1.165, 1.54) is 0 Å². The molecule has 1 saturated heterocycles. The van der Waals surface area contributed by atoms with Gasteiger partial charge in [0.2, 0.25) is 6.10 Å². The zero-order valence-corrected chi connectivity index (χ0v) is 14.3. The maximum atomic E-state index is 12.5. The van der Waals surface area contributed by atoms with E-state index in [2.05, 4.69) is 5.32 Å². The molecule has 0 saturated carbocycles. The van der Waals surface area contributed by atoms with E-state index in [1.807, 2.05) is 0 Å². The van der Waals surface area contributed by atoms with Gasteiger partial charge in [-0.1, -0.05) is 30.3 Å². The molecule has 1 heterocycles. The molecule has 0 unspecified atom stereocenters. The number of benzene rings is 2. The van der Waals surface area contributed by atoms with Crippen LogP contribution in [0, 0.1) is 6.92 Å². The van der Waals surface area contributed by atoms with Crippen LogP contribution in [0.2, 0.25) is 0 Å². The van der Waals surface area contributed by atoms with Crippen LogP contribution in [0.4, 0.5) is 10.5 Å². The van der Waals surface area contributed by atoms with E-state index >= 15 is 0 Å². The molecule has 1 aliphatic heterocycles. The summed E-state index contributed by atoms with van der Waals surface area (Å²) in [5, 5.41) is 2.73. The summed E-state index contributed by atoms with van der Waals surface area (Å²) in [5.74, 6) is -1.40. The number of hydrogen-bond donors (Lipinski definition) is 2. The van der Waals surface area contributed by atoms with E-state index in [9.17, 15) is 14.4 Å².